The molecule has 1 aliphatic rings. The van der Waals surface area contributed by atoms with E-state index in [0.717, 1.165) is 31.2 Å². The summed E-state index contributed by atoms with van der Waals surface area (Å²) in [5.74, 6) is -0.157. The van der Waals surface area contributed by atoms with Gasteiger partial charge in [-0.2, -0.15) is 0 Å². The van der Waals surface area contributed by atoms with Crippen molar-refractivity contribution < 1.29 is 4.79 Å². The van der Waals surface area contributed by atoms with E-state index in [9.17, 15) is 4.79 Å². The lowest BCUT2D eigenvalue weighted by Gasteiger charge is -2.37. The van der Waals surface area contributed by atoms with Gasteiger partial charge >= 0.3 is 0 Å². The normalized spacial score (nSPS) is 25.7. The number of aryl methyl sites for hydroxylation is 1. The molecule has 112 valence electrons. The van der Waals surface area contributed by atoms with Crippen molar-refractivity contribution in [3.8, 4) is 0 Å². The summed E-state index contributed by atoms with van der Waals surface area (Å²) in [6.45, 7) is 3.94. The number of carbonyl (C=O) groups is 1. The van der Waals surface area contributed by atoms with Crippen molar-refractivity contribution >= 4 is 35.6 Å². The maximum atomic E-state index is 12.4. The lowest BCUT2D eigenvalue weighted by Crippen LogP contribution is -2.51. The molecule has 5 heteroatoms. The van der Waals surface area contributed by atoms with Gasteiger partial charge in [-0.15, -0.1) is 12.4 Å². The van der Waals surface area contributed by atoms with Gasteiger partial charge in [-0.25, -0.2) is 0 Å². The van der Waals surface area contributed by atoms with Crippen molar-refractivity contribution in [3.05, 3.63) is 28.8 Å². The Morgan fingerprint density at radius 2 is 2.15 bits per heavy atom. The topological polar surface area (TPSA) is 55.1 Å². The number of halogens is 2. The second-order valence-corrected chi connectivity index (χ2v) is 6.18. The van der Waals surface area contributed by atoms with Gasteiger partial charge in [-0.1, -0.05) is 30.5 Å². The lowest BCUT2D eigenvalue weighted by atomic mass is 9.74. The quantitative estimate of drug-likeness (QED) is 0.869. The number of rotatable bonds is 2. The number of hydrogen-bond donors (Lipinski definition) is 2. The van der Waals surface area contributed by atoms with Gasteiger partial charge in [0.05, 0.1) is 16.6 Å². The molecule has 1 saturated carbocycles. The minimum absolute atomic E-state index is 0. The highest BCUT2D eigenvalue weighted by Gasteiger charge is 2.37. The molecule has 0 aromatic heterocycles. The first-order valence-electron chi connectivity index (χ1n) is 6.76. The summed E-state index contributed by atoms with van der Waals surface area (Å²) in [5, 5.41) is 3.49. The Bertz CT molecular complexity index is 489. The van der Waals surface area contributed by atoms with Crippen LogP contribution < -0.4 is 11.1 Å². The number of carbonyl (C=O) groups excluding carboxylic acids is 1. The van der Waals surface area contributed by atoms with Crippen molar-refractivity contribution in [2.45, 2.75) is 45.1 Å². The summed E-state index contributed by atoms with van der Waals surface area (Å²) >= 11 is 6.10. The number of hydrogen-bond acceptors (Lipinski definition) is 2. The molecule has 1 amide bonds. The Balaban J connectivity index is 0.00000200. The van der Waals surface area contributed by atoms with Crippen LogP contribution in [-0.4, -0.2) is 11.4 Å². The van der Waals surface area contributed by atoms with Gasteiger partial charge in [0.25, 0.3) is 0 Å². The molecule has 1 aromatic carbocycles. The van der Waals surface area contributed by atoms with E-state index in [1.807, 2.05) is 26.0 Å². The van der Waals surface area contributed by atoms with Crippen molar-refractivity contribution in [1.82, 2.24) is 0 Å². The van der Waals surface area contributed by atoms with E-state index < -0.39 is 5.54 Å². The highest BCUT2D eigenvalue weighted by molar-refractivity contribution is 6.33. The number of nitrogens with two attached hydrogens (primary N) is 1. The number of anilines is 1. The molecule has 2 rings (SSSR count). The first-order chi connectivity index (χ1) is 8.90. The first-order valence-corrected chi connectivity index (χ1v) is 7.14. The zero-order valence-electron chi connectivity index (χ0n) is 11.9. The average Bonchev–Trinajstić information content (AvgIpc) is 2.33. The third kappa shape index (κ3) is 3.87. The Kier molecular flexibility index (Phi) is 5.87. The maximum absolute atomic E-state index is 12.4. The highest BCUT2D eigenvalue weighted by atomic mass is 35.5. The minimum atomic E-state index is -0.418. The summed E-state index contributed by atoms with van der Waals surface area (Å²) in [4.78, 5) is 12.4. The summed E-state index contributed by atoms with van der Waals surface area (Å²) in [6.07, 6.45) is 3.91. The molecule has 1 aromatic rings. The second kappa shape index (κ2) is 6.79. The fourth-order valence-electron chi connectivity index (χ4n) is 2.74. The van der Waals surface area contributed by atoms with Gasteiger partial charge in [0, 0.05) is 5.54 Å². The predicted molar refractivity (Wildman–Crippen MR) is 86.6 cm³/mol. The molecule has 0 saturated heterocycles. The van der Waals surface area contributed by atoms with Crippen LogP contribution in [0.2, 0.25) is 5.02 Å². The van der Waals surface area contributed by atoms with E-state index in [2.05, 4.69) is 5.32 Å². The van der Waals surface area contributed by atoms with E-state index >= 15 is 0 Å². The molecule has 1 aliphatic carbocycles. The Hall–Kier alpha value is -0.770. The summed E-state index contributed by atoms with van der Waals surface area (Å²) in [7, 11) is 0. The van der Waals surface area contributed by atoms with E-state index in [1.165, 1.54) is 0 Å². The Morgan fingerprint density at radius 3 is 2.80 bits per heavy atom. The van der Waals surface area contributed by atoms with Crippen LogP contribution in [-0.2, 0) is 4.79 Å². The van der Waals surface area contributed by atoms with Crippen LogP contribution in [0.4, 0.5) is 5.69 Å². The SMILES string of the molecule is Cc1ccc(Cl)c(NC(=O)C2CCCCC2(C)N)c1.Cl. The highest BCUT2D eigenvalue weighted by Crippen LogP contribution is 2.33. The molecule has 1 fully saturated rings. The molecule has 0 spiro atoms. The molecule has 3 nitrogen and oxygen atoms in total. The lowest BCUT2D eigenvalue weighted by molar-refractivity contribution is -0.122. The summed E-state index contributed by atoms with van der Waals surface area (Å²) in [6, 6.07) is 5.61. The molecular weight excluding hydrogens is 295 g/mol. The van der Waals surface area contributed by atoms with E-state index in [0.29, 0.717) is 10.7 Å². The van der Waals surface area contributed by atoms with E-state index in [4.69, 9.17) is 17.3 Å². The van der Waals surface area contributed by atoms with Gasteiger partial charge in [0.15, 0.2) is 0 Å². The van der Waals surface area contributed by atoms with Crippen molar-refractivity contribution in [2.24, 2.45) is 11.7 Å². The zero-order chi connectivity index (χ0) is 14.0. The zero-order valence-corrected chi connectivity index (χ0v) is 13.5. The van der Waals surface area contributed by atoms with Crippen molar-refractivity contribution in [3.63, 3.8) is 0 Å². The molecule has 0 radical (unpaired) electrons. The molecule has 0 heterocycles. The number of nitrogens with one attached hydrogen (secondary N) is 1. The summed E-state index contributed by atoms with van der Waals surface area (Å²) in [5.41, 5.74) is 7.58. The van der Waals surface area contributed by atoms with Gasteiger partial charge in [-0.3, -0.25) is 4.79 Å². The van der Waals surface area contributed by atoms with Gasteiger partial charge in [0.1, 0.15) is 0 Å². The monoisotopic (exact) mass is 316 g/mol. The average molecular weight is 317 g/mol. The van der Waals surface area contributed by atoms with Crippen LogP contribution in [0.3, 0.4) is 0 Å². The van der Waals surface area contributed by atoms with E-state index in [-0.39, 0.29) is 24.2 Å². The fourth-order valence-corrected chi connectivity index (χ4v) is 2.91. The fraction of sp³-hybridized carbons (Fsp3) is 0.533. The number of amides is 1. The standard InChI is InChI=1S/C15H21ClN2O.ClH/c1-10-6-7-12(16)13(9-10)18-14(19)11-5-3-4-8-15(11,2)17;/h6-7,9,11H,3-5,8,17H2,1-2H3,(H,18,19);1H. The molecule has 0 bridgehead atoms. The molecule has 2 unspecified atom stereocenters. The van der Waals surface area contributed by atoms with Gasteiger partial charge in [0.2, 0.25) is 5.91 Å². The van der Waals surface area contributed by atoms with E-state index in [1.54, 1.807) is 6.07 Å². The smallest absolute Gasteiger partial charge is 0.229 e. The van der Waals surface area contributed by atoms with Crippen LogP contribution in [0.25, 0.3) is 0 Å². The van der Waals surface area contributed by atoms with Crippen LogP contribution in [0.5, 0.6) is 0 Å². The molecular formula is C15H22Cl2N2O. The third-order valence-electron chi connectivity index (χ3n) is 3.95. The summed E-state index contributed by atoms with van der Waals surface area (Å²) < 4.78 is 0. The first kappa shape index (κ1) is 17.3. The van der Waals surface area contributed by atoms with Crippen molar-refractivity contribution in [2.75, 3.05) is 5.32 Å². The van der Waals surface area contributed by atoms with Crippen LogP contribution >= 0.6 is 24.0 Å². The number of benzene rings is 1. The maximum Gasteiger partial charge on any atom is 0.229 e. The second-order valence-electron chi connectivity index (χ2n) is 5.78. The van der Waals surface area contributed by atoms with Crippen molar-refractivity contribution in [1.29, 1.82) is 0 Å². The predicted octanol–water partition coefficient (Wildman–Crippen LogP) is 3.92. The van der Waals surface area contributed by atoms with Crippen LogP contribution in [0, 0.1) is 12.8 Å². The largest absolute Gasteiger partial charge is 0.325 e. The van der Waals surface area contributed by atoms with Gasteiger partial charge < -0.3 is 11.1 Å². The minimum Gasteiger partial charge on any atom is -0.325 e. The molecule has 3 N–H and O–H groups in total. The van der Waals surface area contributed by atoms with Gasteiger partial charge in [-0.05, 0) is 44.4 Å². The Labute approximate surface area is 131 Å². The third-order valence-corrected chi connectivity index (χ3v) is 4.28. The molecule has 0 aliphatic heterocycles. The molecule has 2 atom stereocenters. The molecule has 20 heavy (non-hydrogen) atoms. The van der Waals surface area contributed by atoms with Crippen LogP contribution in [0.15, 0.2) is 18.2 Å². The Morgan fingerprint density at radius 1 is 1.45 bits per heavy atom. The van der Waals surface area contributed by atoms with Crippen LogP contribution in [0.1, 0.15) is 38.2 Å².